The van der Waals surface area contributed by atoms with Gasteiger partial charge in [0.1, 0.15) is 11.6 Å². The van der Waals surface area contributed by atoms with E-state index in [9.17, 15) is 5.11 Å². The van der Waals surface area contributed by atoms with Crippen molar-refractivity contribution in [3.63, 3.8) is 0 Å². The Labute approximate surface area is 110 Å². The molecule has 98 valence electrons. The van der Waals surface area contributed by atoms with E-state index in [1.807, 2.05) is 13.8 Å². The Morgan fingerprint density at radius 3 is 2.58 bits per heavy atom. The van der Waals surface area contributed by atoms with Crippen molar-refractivity contribution in [1.29, 1.82) is 0 Å². The smallest absolute Gasteiger partial charge is 0.321 e. The van der Waals surface area contributed by atoms with Crippen molar-refractivity contribution in [2.75, 3.05) is 5.32 Å². The summed E-state index contributed by atoms with van der Waals surface area (Å²) in [6, 6.07) is 0.220. The Kier molecular flexibility index (Phi) is 3.38. The highest BCUT2D eigenvalue weighted by Gasteiger charge is 2.13. The number of aromatic nitrogens is 3. The van der Waals surface area contributed by atoms with Crippen molar-refractivity contribution in [1.82, 2.24) is 15.2 Å². The molecule has 0 saturated carbocycles. The molecule has 19 heavy (non-hydrogen) atoms. The topological polar surface area (TPSA) is 84.1 Å². The van der Waals surface area contributed by atoms with Crippen LogP contribution in [0.5, 0.6) is 5.75 Å². The third-order valence-corrected chi connectivity index (χ3v) is 2.78. The lowest BCUT2D eigenvalue weighted by molar-refractivity contribution is 0.463. The first-order valence-electron chi connectivity index (χ1n) is 5.73. The first-order valence-corrected chi connectivity index (χ1v) is 5.73. The quantitative estimate of drug-likeness (QED) is 0.803. The Bertz CT molecular complexity index is 680. The molecule has 0 aliphatic heterocycles. The fraction of sp³-hybridized carbons (Fsp3) is 0.308. The fourth-order valence-corrected chi connectivity index (χ4v) is 1.59. The molecule has 0 aliphatic rings. The Morgan fingerprint density at radius 2 is 1.89 bits per heavy atom. The Morgan fingerprint density at radius 1 is 1.16 bits per heavy atom. The molecule has 2 heterocycles. The number of nitrogens with one attached hydrogen (secondary N) is 1. The van der Waals surface area contributed by atoms with Crippen LogP contribution in [0.3, 0.4) is 0 Å². The molecule has 0 aromatic carbocycles. The van der Waals surface area contributed by atoms with Crippen molar-refractivity contribution < 1.29 is 9.52 Å². The largest absolute Gasteiger partial charge is 0.506 e. The van der Waals surface area contributed by atoms with Crippen LogP contribution in [0.2, 0.25) is 0 Å². The van der Waals surface area contributed by atoms with Crippen LogP contribution in [0, 0.1) is 32.6 Å². The van der Waals surface area contributed by atoms with E-state index in [1.54, 1.807) is 13.8 Å². The predicted octanol–water partition coefficient (Wildman–Crippen LogP) is 2.21. The van der Waals surface area contributed by atoms with Crippen LogP contribution in [-0.4, -0.2) is 20.3 Å². The molecule has 0 atom stereocenters. The summed E-state index contributed by atoms with van der Waals surface area (Å²) in [4.78, 5) is 4.26. The summed E-state index contributed by atoms with van der Waals surface area (Å²) < 4.78 is 5.28. The molecular weight excluding hydrogens is 244 g/mol. The van der Waals surface area contributed by atoms with Gasteiger partial charge in [0.25, 0.3) is 5.89 Å². The second-order valence-corrected chi connectivity index (χ2v) is 4.06. The number of pyridine rings is 1. The van der Waals surface area contributed by atoms with E-state index in [2.05, 4.69) is 32.3 Å². The second-order valence-electron chi connectivity index (χ2n) is 4.06. The predicted molar refractivity (Wildman–Crippen MR) is 70.2 cm³/mol. The highest BCUT2D eigenvalue weighted by Crippen LogP contribution is 2.28. The first kappa shape index (κ1) is 12.9. The van der Waals surface area contributed by atoms with Crippen molar-refractivity contribution >= 4 is 11.8 Å². The molecule has 0 aliphatic carbocycles. The molecule has 6 heteroatoms. The van der Waals surface area contributed by atoms with Crippen molar-refractivity contribution in [2.45, 2.75) is 27.7 Å². The van der Waals surface area contributed by atoms with Gasteiger partial charge in [-0.15, -0.1) is 0 Å². The lowest BCUT2D eigenvalue weighted by Crippen LogP contribution is -2.01. The number of hydrogen-bond acceptors (Lipinski definition) is 6. The van der Waals surface area contributed by atoms with Crippen LogP contribution in [0.4, 0.5) is 11.8 Å². The molecule has 0 amide bonds. The fourth-order valence-electron chi connectivity index (χ4n) is 1.59. The van der Waals surface area contributed by atoms with Gasteiger partial charge in [-0.25, -0.2) is 4.98 Å². The minimum atomic E-state index is 0.200. The summed E-state index contributed by atoms with van der Waals surface area (Å²) >= 11 is 0. The van der Waals surface area contributed by atoms with E-state index in [0.717, 1.165) is 11.1 Å². The van der Waals surface area contributed by atoms with Crippen LogP contribution < -0.4 is 5.32 Å². The van der Waals surface area contributed by atoms with Gasteiger partial charge in [0.05, 0.1) is 5.69 Å². The molecule has 0 unspecified atom stereocenters. The maximum Gasteiger partial charge on any atom is 0.321 e. The third-order valence-electron chi connectivity index (χ3n) is 2.78. The van der Waals surface area contributed by atoms with Gasteiger partial charge in [-0.3, -0.25) is 5.32 Å². The van der Waals surface area contributed by atoms with E-state index in [-0.39, 0.29) is 17.7 Å². The van der Waals surface area contributed by atoms with Crippen LogP contribution >= 0.6 is 0 Å². The highest BCUT2D eigenvalue weighted by atomic mass is 16.4. The maximum absolute atomic E-state index is 9.79. The Hall–Kier alpha value is -2.55. The molecular formula is C13H14N4O2. The minimum Gasteiger partial charge on any atom is -0.506 e. The summed E-state index contributed by atoms with van der Waals surface area (Å²) in [6.45, 7) is 7.10. The molecule has 0 bridgehead atoms. The maximum atomic E-state index is 9.79. The zero-order valence-electron chi connectivity index (χ0n) is 11.2. The third kappa shape index (κ3) is 2.50. The van der Waals surface area contributed by atoms with Crippen LogP contribution in [0.25, 0.3) is 0 Å². The van der Waals surface area contributed by atoms with Crippen molar-refractivity contribution in [3.05, 3.63) is 22.7 Å². The average Bonchev–Trinajstić information content (AvgIpc) is 2.81. The van der Waals surface area contributed by atoms with Gasteiger partial charge in [0.2, 0.25) is 0 Å². The summed E-state index contributed by atoms with van der Waals surface area (Å²) in [5.41, 5.74) is 2.13. The zero-order valence-corrected chi connectivity index (χ0v) is 11.2. The molecule has 2 aromatic heterocycles. The number of aryl methyl sites for hydroxylation is 1. The van der Waals surface area contributed by atoms with Gasteiger partial charge in [-0.1, -0.05) is 16.1 Å². The molecule has 0 saturated heterocycles. The normalized spacial score (nSPS) is 9.89. The highest BCUT2D eigenvalue weighted by molar-refractivity contribution is 5.58. The number of nitrogens with zero attached hydrogens (tertiary/aromatic N) is 3. The molecule has 2 aromatic rings. The van der Waals surface area contributed by atoms with Gasteiger partial charge in [0, 0.05) is 0 Å². The zero-order chi connectivity index (χ0) is 14.0. The van der Waals surface area contributed by atoms with E-state index >= 15 is 0 Å². The lowest BCUT2D eigenvalue weighted by Gasteiger charge is -2.11. The summed E-state index contributed by atoms with van der Waals surface area (Å²) in [5.74, 6) is 6.37. The van der Waals surface area contributed by atoms with Crippen molar-refractivity contribution in [3.8, 4) is 17.6 Å². The molecule has 0 spiro atoms. The SMILES string of the molecule is CC#Cc1nnc(Nc2nc(C)c(O)c(C)c2C)o1. The molecule has 0 fully saturated rings. The van der Waals surface area contributed by atoms with Crippen LogP contribution in [0.15, 0.2) is 4.42 Å². The Balaban J connectivity index is 2.34. The second kappa shape index (κ2) is 4.98. The molecule has 2 rings (SSSR count). The molecule has 2 N–H and O–H groups in total. The summed E-state index contributed by atoms with van der Waals surface area (Å²) in [5, 5.41) is 20.3. The standard InChI is InChI=1S/C13H14N4O2/c1-5-6-10-16-17-13(19-10)15-12-8(3)7(2)11(18)9(4)14-12/h18H,1-4H3,(H,14,15,17). The van der Waals surface area contributed by atoms with E-state index < -0.39 is 0 Å². The summed E-state index contributed by atoms with van der Waals surface area (Å²) in [6.07, 6.45) is 0. The monoisotopic (exact) mass is 258 g/mol. The van der Waals surface area contributed by atoms with Crippen molar-refractivity contribution in [2.24, 2.45) is 0 Å². The van der Waals surface area contributed by atoms with Gasteiger partial charge >= 0.3 is 6.01 Å². The van der Waals surface area contributed by atoms with Gasteiger partial charge in [-0.05, 0) is 44.7 Å². The summed E-state index contributed by atoms with van der Waals surface area (Å²) in [7, 11) is 0. The number of anilines is 2. The first-order chi connectivity index (χ1) is 9.02. The number of rotatable bonds is 2. The number of hydrogen-bond donors (Lipinski definition) is 2. The minimum absolute atomic E-state index is 0.200. The van der Waals surface area contributed by atoms with Crippen LogP contribution in [-0.2, 0) is 0 Å². The molecule has 6 nitrogen and oxygen atoms in total. The van der Waals surface area contributed by atoms with E-state index in [4.69, 9.17) is 4.42 Å². The van der Waals surface area contributed by atoms with E-state index in [1.165, 1.54) is 0 Å². The average molecular weight is 258 g/mol. The van der Waals surface area contributed by atoms with Gasteiger partial charge < -0.3 is 9.52 Å². The molecule has 0 radical (unpaired) electrons. The lowest BCUT2D eigenvalue weighted by atomic mass is 10.1. The van der Waals surface area contributed by atoms with Gasteiger partial charge in [0.15, 0.2) is 0 Å². The van der Waals surface area contributed by atoms with Crippen LogP contribution in [0.1, 0.15) is 29.6 Å². The van der Waals surface area contributed by atoms with Gasteiger partial charge in [-0.2, -0.15) is 0 Å². The van der Waals surface area contributed by atoms with E-state index in [0.29, 0.717) is 11.5 Å². The number of aromatic hydroxyl groups is 1.